The normalized spacial score (nSPS) is 17.0. The Labute approximate surface area is 184 Å². The van der Waals surface area contributed by atoms with Crippen molar-refractivity contribution >= 4 is 28.2 Å². The van der Waals surface area contributed by atoms with Crippen LogP contribution < -0.4 is 14.8 Å². The van der Waals surface area contributed by atoms with E-state index in [9.17, 15) is 9.59 Å². The van der Waals surface area contributed by atoms with Crippen molar-refractivity contribution in [1.29, 1.82) is 0 Å². The van der Waals surface area contributed by atoms with Gasteiger partial charge in [-0.05, 0) is 35.6 Å². The third-order valence-electron chi connectivity index (χ3n) is 5.47. The van der Waals surface area contributed by atoms with Crippen LogP contribution in [-0.2, 0) is 9.53 Å². The summed E-state index contributed by atoms with van der Waals surface area (Å²) in [6.07, 6.45) is 0.803. The molecule has 2 unspecified atom stereocenters. The number of rotatable bonds is 7. The lowest BCUT2D eigenvalue weighted by atomic mass is 10.0. The van der Waals surface area contributed by atoms with Crippen LogP contribution in [0, 0.1) is 5.92 Å². The van der Waals surface area contributed by atoms with Gasteiger partial charge in [0.15, 0.2) is 11.5 Å². The zero-order chi connectivity index (χ0) is 22.0. The molecule has 7 heteroatoms. The van der Waals surface area contributed by atoms with E-state index in [0.717, 1.165) is 17.5 Å². The van der Waals surface area contributed by atoms with E-state index in [4.69, 9.17) is 14.2 Å². The van der Waals surface area contributed by atoms with Crippen LogP contribution in [0.3, 0.4) is 0 Å². The molecule has 1 fully saturated rings. The van der Waals surface area contributed by atoms with Gasteiger partial charge in [0.05, 0.1) is 21.3 Å². The van der Waals surface area contributed by atoms with Crippen LogP contribution in [-0.4, -0.2) is 33.2 Å². The molecule has 0 spiro atoms. The van der Waals surface area contributed by atoms with Gasteiger partial charge in [-0.25, -0.2) is 4.79 Å². The molecule has 0 radical (unpaired) electrons. The van der Waals surface area contributed by atoms with Crippen molar-refractivity contribution in [3.05, 3.63) is 65.0 Å². The number of carbonyl (C=O) groups is 2. The van der Waals surface area contributed by atoms with Gasteiger partial charge in [-0.2, -0.15) is 0 Å². The maximum atomic E-state index is 12.9. The highest BCUT2D eigenvalue weighted by atomic mass is 32.1. The lowest BCUT2D eigenvalue weighted by Gasteiger charge is -2.11. The molecule has 2 atom stereocenters. The fraction of sp³-hybridized carbons (Fsp3) is 0.250. The van der Waals surface area contributed by atoms with Crippen molar-refractivity contribution in [3.63, 3.8) is 0 Å². The molecule has 1 saturated carbocycles. The molecule has 160 valence electrons. The quantitative estimate of drug-likeness (QED) is 0.529. The van der Waals surface area contributed by atoms with E-state index in [0.29, 0.717) is 27.6 Å². The number of thiophene rings is 1. The maximum absolute atomic E-state index is 12.9. The van der Waals surface area contributed by atoms with Gasteiger partial charge in [0.25, 0.3) is 0 Å². The predicted octanol–water partition coefficient (Wildman–Crippen LogP) is 4.96. The molecule has 1 heterocycles. The molecule has 1 aromatic heterocycles. The smallest absolute Gasteiger partial charge is 0.341 e. The molecular formula is C24H23NO5S. The lowest BCUT2D eigenvalue weighted by Crippen LogP contribution is -2.16. The van der Waals surface area contributed by atoms with Crippen LogP contribution >= 0.6 is 11.3 Å². The molecule has 0 bridgehead atoms. The third kappa shape index (κ3) is 4.14. The molecule has 31 heavy (non-hydrogen) atoms. The summed E-state index contributed by atoms with van der Waals surface area (Å²) in [5, 5.41) is 5.28. The Kier molecular flexibility index (Phi) is 5.95. The highest BCUT2D eigenvalue weighted by Gasteiger charge is 2.44. The van der Waals surface area contributed by atoms with Crippen LogP contribution in [0.5, 0.6) is 11.5 Å². The van der Waals surface area contributed by atoms with Crippen molar-refractivity contribution in [2.45, 2.75) is 12.3 Å². The van der Waals surface area contributed by atoms with E-state index >= 15 is 0 Å². The Morgan fingerprint density at radius 3 is 2.42 bits per heavy atom. The zero-order valence-corrected chi connectivity index (χ0v) is 18.3. The Balaban J connectivity index is 1.60. The lowest BCUT2D eigenvalue weighted by molar-refractivity contribution is -0.117. The number of ether oxygens (including phenoxy) is 3. The van der Waals surface area contributed by atoms with E-state index in [1.807, 2.05) is 41.8 Å². The number of carbonyl (C=O) groups excluding carboxylic acids is 2. The van der Waals surface area contributed by atoms with Gasteiger partial charge in [0.1, 0.15) is 10.6 Å². The number of nitrogens with one attached hydrogen (secondary N) is 1. The second kappa shape index (κ2) is 8.81. The van der Waals surface area contributed by atoms with Gasteiger partial charge in [0, 0.05) is 16.9 Å². The Hall–Kier alpha value is -3.32. The summed E-state index contributed by atoms with van der Waals surface area (Å²) in [4.78, 5) is 25.5. The summed E-state index contributed by atoms with van der Waals surface area (Å²) in [6, 6.07) is 15.4. The second-order valence-corrected chi connectivity index (χ2v) is 8.14. The molecule has 0 aliphatic heterocycles. The first-order chi connectivity index (χ1) is 15.1. The number of methoxy groups -OCH3 is 3. The molecule has 1 aliphatic rings. The first kappa shape index (κ1) is 20.9. The van der Waals surface area contributed by atoms with Gasteiger partial charge in [-0.15, -0.1) is 11.3 Å². The fourth-order valence-corrected chi connectivity index (χ4v) is 4.69. The van der Waals surface area contributed by atoms with Crippen LogP contribution in [0.4, 0.5) is 5.00 Å². The number of amides is 1. The average molecular weight is 438 g/mol. The maximum Gasteiger partial charge on any atom is 0.341 e. The Bertz CT molecular complexity index is 1110. The van der Waals surface area contributed by atoms with E-state index < -0.39 is 5.97 Å². The van der Waals surface area contributed by atoms with Crippen molar-refractivity contribution in [2.75, 3.05) is 26.6 Å². The minimum absolute atomic E-state index is 0.0836. The minimum atomic E-state index is -0.503. The van der Waals surface area contributed by atoms with Crippen LogP contribution in [0.25, 0.3) is 11.1 Å². The summed E-state index contributed by atoms with van der Waals surface area (Å²) >= 11 is 1.30. The van der Waals surface area contributed by atoms with E-state index in [-0.39, 0.29) is 17.7 Å². The number of hydrogen-bond acceptors (Lipinski definition) is 6. The highest BCUT2D eigenvalue weighted by molar-refractivity contribution is 7.15. The van der Waals surface area contributed by atoms with Gasteiger partial charge in [-0.1, -0.05) is 36.4 Å². The van der Waals surface area contributed by atoms with Crippen molar-refractivity contribution in [1.82, 2.24) is 0 Å². The second-order valence-electron chi connectivity index (χ2n) is 7.26. The number of anilines is 1. The molecule has 6 nitrogen and oxygen atoms in total. The number of hydrogen-bond donors (Lipinski definition) is 1. The minimum Gasteiger partial charge on any atom is -0.493 e. The molecule has 4 rings (SSSR count). The summed E-state index contributed by atoms with van der Waals surface area (Å²) in [5.74, 6) is 0.677. The summed E-state index contributed by atoms with van der Waals surface area (Å²) < 4.78 is 15.7. The number of esters is 1. The third-order valence-corrected chi connectivity index (χ3v) is 6.36. The molecule has 1 aliphatic carbocycles. The van der Waals surface area contributed by atoms with Crippen molar-refractivity contribution in [2.24, 2.45) is 5.92 Å². The Morgan fingerprint density at radius 1 is 1.00 bits per heavy atom. The van der Waals surface area contributed by atoms with Gasteiger partial charge in [-0.3, -0.25) is 4.79 Å². The fourth-order valence-electron chi connectivity index (χ4n) is 3.73. The van der Waals surface area contributed by atoms with E-state index in [1.165, 1.54) is 18.4 Å². The summed E-state index contributed by atoms with van der Waals surface area (Å²) in [7, 11) is 4.45. The van der Waals surface area contributed by atoms with E-state index in [1.54, 1.807) is 26.4 Å². The monoisotopic (exact) mass is 437 g/mol. The largest absolute Gasteiger partial charge is 0.493 e. The molecule has 2 aromatic carbocycles. The standard InChI is InChI=1S/C24H23NO5S/c1-28-19-10-9-15(11-20(19)29-2)18-13-31-23(21(18)24(27)30-3)25-22(26)17-12-16(17)14-7-5-4-6-8-14/h4-11,13,16-17H,12H2,1-3H3,(H,25,26). The first-order valence-electron chi connectivity index (χ1n) is 9.85. The average Bonchev–Trinajstić information content (AvgIpc) is 3.52. The molecule has 3 aromatic rings. The molecule has 1 N–H and O–H groups in total. The first-order valence-corrected chi connectivity index (χ1v) is 10.7. The van der Waals surface area contributed by atoms with Crippen molar-refractivity contribution in [3.8, 4) is 22.6 Å². The number of benzene rings is 2. The summed E-state index contributed by atoms with van der Waals surface area (Å²) in [5.41, 5.74) is 2.94. The van der Waals surface area contributed by atoms with Crippen LogP contribution in [0.15, 0.2) is 53.9 Å². The SMILES string of the molecule is COC(=O)c1c(-c2ccc(OC)c(OC)c2)csc1NC(=O)C1CC1c1ccccc1. The molecular weight excluding hydrogens is 414 g/mol. The topological polar surface area (TPSA) is 73.9 Å². The highest BCUT2D eigenvalue weighted by Crippen LogP contribution is 2.48. The van der Waals surface area contributed by atoms with Gasteiger partial charge in [0.2, 0.25) is 5.91 Å². The Morgan fingerprint density at radius 2 is 1.74 bits per heavy atom. The van der Waals surface area contributed by atoms with Gasteiger partial charge >= 0.3 is 5.97 Å². The molecule has 1 amide bonds. The van der Waals surface area contributed by atoms with Crippen LogP contribution in [0.1, 0.15) is 28.3 Å². The van der Waals surface area contributed by atoms with Crippen LogP contribution in [0.2, 0.25) is 0 Å². The van der Waals surface area contributed by atoms with E-state index in [2.05, 4.69) is 5.32 Å². The van der Waals surface area contributed by atoms with Crippen molar-refractivity contribution < 1.29 is 23.8 Å². The predicted molar refractivity (Wildman–Crippen MR) is 120 cm³/mol. The van der Waals surface area contributed by atoms with Gasteiger partial charge < -0.3 is 19.5 Å². The zero-order valence-electron chi connectivity index (χ0n) is 17.5. The molecule has 0 saturated heterocycles. The summed E-state index contributed by atoms with van der Waals surface area (Å²) in [6.45, 7) is 0.